The lowest BCUT2D eigenvalue weighted by molar-refractivity contribution is -0.137. The van der Waals surface area contributed by atoms with Gasteiger partial charge in [-0.1, -0.05) is 18.2 Å². The molecule has 0 saturated heterocycles. The molecule has 1 aromatic heterocycles. The van der Waals surface area contributed by atoms with Gasteiger partial charge in [-0.15, -0.1) is 11.3 Å². The van der Waals surface area contributed by atoms with Crippen LogP contribution < -0.4 is 10.1 Å². The van der Waals surface area contributed by atoms with E-state index in [1.54, 1.807) is 13.2 Å². The first-order valence-corrected chi connectivity index (χ1v) is 8.46. The van der Waals surface area contributed by atoms with Crippen molar-refractivity contribution in [3.63, 3.8) is 0 Å². The molecule has 0 atom stereocenters. The SMILES string of the molecule is COc1ccc(-c2csc(C(=O)Nc3cccc(C(F)(F)F)c3)c2)cc1. The Morgan fingerprint density at radius 3 is 2.42 bits per heavy atom. The molecule has 26 heavy (non-hydrogen) atoms. The van der Waals surface area contributed by atoms with Gasteiger partial charge in [-0.3, -0.25) is 4.79 Å². The first-order valence-electron chi connectivity index (χ1n) is 7.58. The maximum Gasteiger partial charge on any atom is 0.416 e. The minimum atomic E-state index is -4.45. The van der Waals surface area contributed by atoms with Crippen molar-refractivity contribution < 1.29 is 22.7 Å². The van der Waals surface area contributed by atoms with Crippen LogP contribution in [0.15, 0.2) is 60.0 Å². The lowest BCUT2D eigenvalue weighted by Crippen LogP contribution is -2.11. The zero-order valence-corrected chi connectivity index (χ0v) is 14.4. The Labute approximate surface area is 152 Å². The third-order valence-electron chi connectivity index (χ3n) is 3.69. The zero-order chi connectivity index (χ0) is 18.7. The van der Waals surface area contributed by atoms with Crippen LogP contribution in [0.1, 0.15) is 15.2 Å². The van der Waals surface area contributed by atoms with E-state index in [4.69, 9.17) is 4.74 Å². The van der Waals surface area contributed by atoms with Crippen LogP contribution in [-0.2, 0) is 6.18 Å². The fraction of sp³-hybridized carbons (Fsp3) is 0.105. The molecule has 1 N–H and O–H groups in total. The fourth-order valence-corrected chi connectivity index (χ4v) is 3.17. The van der Waals surface area contributed by atoms with E-state index < -0.39 is 17.6 Å². The molecule has 0 bridgehead atoms. The molecule has 0 unspecified atom stereocenters. The zero-order valence-electron chi connectivity index (χ0n) is 13.6. The van der Waals surface area contributed by atoms with Crippen molar-refractivity contribution in [1.29, 1.82) is 0 Å². The second-order valence-electron chi connectivity index (χ2n) is 5.46. The summed E-state index contributed by atoms with van der Waals surface area (Å²) in [4.78, 5) is 12.7. The summed E-state index contributed by atoms with van der Waals surface area (Å²) in [7, 11) is 1.58. The third kappa shape index (κ3) is 4.05. The number of thiophene rings is 1. The smallest absolute Gasteiger partial charge is 0.416 e. The molecule has 0 fully saturated rings. The second-order valence-corrected chi connectivity index (χ2v) is 6.37. The molecular weight excluding hydrogens is 363 g/mol. The van der Waals surface area contributed by atoms with Gasteiger partial charge in [-0.2, -0.15) is 13.2 Å². The average molecular weight is 377 g/mol. The van der Waals surface area contributed by atoms with Gasteiger partial charge in [0.2, 0.25) is 0 Å². The van der Waals surface area contributed by atoms with Crippen LogP contribution in [0.25, 0.3) is 11.1 Å². The summed E-state index contributed by atoms with van der Waals surface area (Å²) >= 11 is 1.23. The molecule has 0 aliphatic heterocycles. The lowest BCUT2D eigenvalue weighted by atomic mass is 10.1. The van der Waals surface area contributed by atoms with Gasteiger partial charge in [0.25, 0.3) is 5.91 Å². The largest absolute Gasteiger partial charge is 0.497 e. The number of alkyl halides is 3. The summed E-state index contributed by atoms with van der Waals surface area (Å²) in [5.41, 5.74) is 1.07. The Hall–Kier alpha value is -2.80. The molecule has 1 amide bonds. The number of methoxy groups -OCH3 is 1. The molecule has 0 radical (unpaired) electrons. The second kappa shape index (κ2) is 7.21. The lowest BCUT2D eigenvalue weighted by Gasteiger charge is -2.09. The van der Waals surface area contributed by atoms with Gasteiger partial charge in [0.05, 0.1) is 17.6 Å². The summed E-state index contributed by atoms with van der Waals surface area (Å²) in [6, 6.07) is 13.6. The van der Waals surface area contributed by atoms with E-state index in [1.165, 1.54) is 23.5 Å². The number of halogens is 3. The first-order chi connectivity index (χ1) is 12.4. The van der Waals surface area contributed by atoms with Gasteiger partial charge in [-0.05, 0) is 52.9 Å². The molecule has 0 aliphatic carbocycles. The Morgan fingerprint density at radius 2 is 1.77 bits per heavy atom. The number of ether oxygens (including phenoxy) is 1. The predicted octanol–water partition coefficient (Wildman–Crippen LogP) is 5.69. The highest BCUT2D eigenvalue weighted by Gasteiger charge is 2.30. The minimum Gasteiger partial charge on any atom is -0.497 e. The molecule has 0 spiro atoms. The van der Waals surface area contributed by atoms with Crippen LogP contribution in [-0.4, -0.2) is 13.0 Å². The maximum atomic E-state index is 12.8. The van der Waals surface area contributed by atoms with Crippen LogP contribution in [0.5, 0.6) is 5.75 Å². The van der Waals surface area contributed by atoms with Crippen LogP contribution in [0.2, 0.25) is 0 Å². The summed E-state index contributed by atoms with van der Waals surface area (Å²) < 4.78 is 43.4. The number of benzene rings is 2. The Kier molecular flexibility index (Phi) is 4.99. The molecule has 3 rings (SSSR count). The molecule has 3 aromatic rings. The molecule has 134 valence electrons. The van der Waals surface area contributed by atoms with Gasteiger partial charge in [0.1, 0.15) is 5.75 Å². The van der Waals surface area contributed by atoms with Crippen molar-refractivity contribution in [2.45, 2.75) is 6.18 Å². The number of amides is 1. The standard InChI is InChI=1S/C19H14F3NO2S/c1-25-16-7-5-12(6-8-16)13-9-17(26-11-13)18(24)23-15-4-2-3-14(10-15)19(20,21)22/h2-11H,1H3,(H,23,24). The number of carbonyl (C=O) groups excluding carboxylic acids is 1. The van der Waals surface area contributed by atoms with Crippen LogP contribution in [0, 0.1) is 0 Å². The number of nitrogens with one attached hydrogen (secondary N) is 1. The van der Waals surface area contributed by atoms with Crippen molar-refractivity contribution in [3.05, 3.63) is 70.4 Å². The monoisotopic (exact) mass is 377 g/mol. The molecule has 7 heteroatoms. The molecule has 1 heterocycles. The summed E-state index contributed by atoms with van der Waals surface area (Å²) in [5.74, 6) is 0.278. The maximum absolute atomic E-state index is 12.8. The van der Waals surface area contributed by atoms with E-state index in [2.05, 4.69) is 5.32 Å². The highest BCUT2D eigenvalue weighted by atomic mass is 32.1. The van der Waals surface area contributed by atoms with Crippen molar-refractivity contribution in [1.82, 2.24) is 0 Å². The number of hydrogen-bond donors (Lipinski definition) is 1. The van der Waals surface area contributed by atoms with E-state index >= 15 is 0 Å². The van der Waals surface area contributed by atoms with Gasteiger partial charge >= 0.3 is 6.18 Å². The normalized spacial score (nSPS) is 11.2. The summed E-state index contributed by atoms with van der Waals surface area (Å²) in [5, 5.41) is 4.33. The van der Waals surface area contributed by atoms with Gasteiger partial charge in [0, 0.05) is 5.69 Å². The van der Waals surface area contributed by atoms with Gasteiger partial charge in [-0.25, -0.2) is 0 Å². The Bertz CT molecular complexity index is 917. The number of carbonyl (C=O) groups is 1. The van der Waals surface area contributed by atoms with E-state index in [-0.39, 0.29) is 5.69 Å². The quantitative estimate of drug-likeness (QED) is 0.634. The van der Waals surface area contributed by atoms with Crippen LogP contribution in [0.4, 0.5) is 18.9 Å². The van der Waals surface area contributed by atoms with E-state index in [0.717, 1.165) is 29.0 Å². The minimum absolute atomic E-state index is 0.101. The summed E-state index contributed by atoms with van der Waals surface area (Å²) in [6.07, 6.45) is -4.45. The fourth-order valence-electron chi connectivity index (χ4n) is 2.36. The Morgan fingerprint density at radius 1 is 1.04 bits per heavy atom. The molecule has 3 nitrogen and oxygen atoms in total. The first kappa shape index (κ1) is 18.0. The van der Waals surface area contributed by atoms with Gasteiger partial charge in [0.15, 0.2) is 0 Å². The number of anilines is 1. The molecular formula is C19H14F3NO2S. The Balaban J connectivity index is 1.76. The average Bonchev–Trinajstić information content (AvgIpc) is 3.11. The van der Waals surface area contributed by atoms with Crippen molar-refractivity contribution >= 4 is 22.9 Å². The highest BCUT2D eigenvalue weighted by molar-refractivity contribution is 7.12. The third-order valence-corrected chi connectivity index (χ3v) is 4.62. The van der Waals surface area contributed by atoms with E-state index in [0.29, 0.717) is 4.88 Å². The number of hydrogen-bond acceptors (Lipinski definition) is 3. The molecule has 2 aromatic carbocycles. The molecule has 0 aliphatic rings. The van der Waals surface area contributed by atoms with E-state index in [9.17, 15) is 18.0 Å². The van der Waals surface area contributed by atoms with Crippen molar-refractivity contribution in [2.75, 3.05) is 12.4 Å². The van der Waals surface area contributed by atoms with Crippen molar-refractivity contribution in [2.24, 2.45) is 0 Å². The van der Waals surface area contributed by atoms with Gasteiger partial charge < -0.3 is 10.1 Å². The van der Waals surface area contributed by atoms with Crippen LogP contribution >= 0.6 is 11.3 Å². The van der Waals surface area contributed by atoms with Crippen molar-refractivity contribution in [3.8, 4) is 16.9 Å². The molecule has 0 saturated carbocycles. The highest BCUT2D eigenvalue weighted by Crippen LogP contribution is 2.31. The predicted molar refractivity (Wildman–Crippen MR) is 95.7 cm³/mol. The summed E-state index contributed by atoms with van der Waals surface area (Å²) in [6.45, 7) is 0. The number of rotatable bonds is 4. The van der Waals surface area contributed by atoms with Crippen LogP contribution in [0.3, 0.4) is 0 Å². The van der Waals surface area contributed by atoms with E-state index in [1.807, 2.05) is 29.6 Å². The topological polar surface area (TPSA) is 38.3 Å².